The molecule has 1 atom stereocenters. The molecular formula is C16H27N5O. The van der Waals surface area contributed by atoms with Crippen molar-refractivity contribution in [1.29, 1.82) is 0 Å². The van der Waals surface area contributed by atoms with Gasteiger partial charge >= 0.3 is 6.03 Å². The lowest BCUT2D eigenvalue weighted by atomic mass is 9.94. The summed E-state index contributed by atoms with van der Waals surface area (Å²) in [6, 6.07) is 2.47. The van der Waals surface area contributed by atoms with Gasteiger partial charge in [0.1, 0.15) is 0 Å². The van der Waals surface area contributed by atoms with Crippen molar-refractivity contribution in [3.05, 3.63) is 18.0 Å². The number of nitrogens with zero attached hydrogens (tertiary/aromatic N) is 3. The molecule has 2 N–H and O–H groups in total. The second kappa shape index (κ2) is 7.13. The molecule has 22 heavy (non-hydrogen) atoms. The van der Waals surface area contributed by atoms with Crippen molar-refractivity contribution in [2.24, 2.45) is 0 Å². The van der Waals surface area contributed by atoms with Gasteiger partial charge in [0.25, 0.3) is 0 Å². The van der Waals surface area contributed by atoms with Gasteiger partial charge in [0.05, 0.1) is 0 Å². The molecule has 3 rings (SSSR count). The summed E-state index contributed by atoms with van der Waals surface area (Å²) in [5.41, 5.74) is 1.20. The van der Waals surface area contributed by atoms with Crippen LogP contribution in [0.5, 0.6) is 0 Å². The number of rotatable bonds is 3. The molecule has 0 bridgehead atoms. The predicted octanol–water partition coefficient (Wildman–Crippen LogP) is 1.78. The molecule has 122 valence electrons. The number of amides is 2. The number of aromatic amines is 1. The van der Waals surface area contributed by atoms with E-state index in [1.807, 2.05) is 11.0 Å². The molecular weight excluding hydrogens is 278 g/mol. The van der Waals surface area contributed by atoms with Gasteiger partial charge in [-0.05, 0) is 44.8 Å². The van der Waals surface area contributed by atoms with Crippen LogP contribution in [-0.4, -0.2) is 64.8 Å². The number of likely N-dealkylation sites (tertiary alicyclic amines) is 2. The standard InChI is InChI=1S/C16H27N5O/c1-2-20-9-3-4-14(12-20)18-16(22)21-10-6-13(7-11-21)15-5-8-17-19-15/h5,8,13-14H,2-4,6-7,9-12H2,1H3,(H,17,19)(H,18,22)/t14-/m1/s1. The zero-order valence-corrected chi connectivity index (χ0v) is 13.4. The van der Waals surface area contributed by atoms with Gasteiger partial charge in [-0.25, -0.2) is 4.79 Å². The van der Waals surface area contributed by atoms with E-state index in [-0.39, 0.29) is 6.03 Å². The number of piperidine rings is 2. The summed E-state index contributed by atoms with van der Waals surface area (Å²) in [6.45, 7) is 7.08. The number of carbonyl (C=O) groups is 1. The smallest absolute Gasteiger partial charge is 0.317 e. The fourth-order valence-corrected chi connectivity index (χ4v) is 3.61. The van der Waals surface area contributed by atoms with Crippen LogP contribution in [0.15, 0.2) is 12.3 Å². The molecule has 0 radical (unpaired) electrons. The van der Waals surface area contributed by atoms with Crippen molar-refractivity contribution in [1.82, 2.24) is 25.3 Å². The number of H-pyrrole nitrogens is 1. The molecule has 0 unspecified atom stereocenters. The molecule has 2 saturated heterocycles. The van der Waals surface area contributed by atoms with Crippen LogP contribution >= 0.6 is 0 Å². The second-order valence-electron chi connectivity index (χ2n) is 6.46. The number of nitrogens with one attached hydrogen (secondary N) is 2. The largest absolute Gasteiger partial charge is 0.334 e. The highest BCUT2D eigenvalue weighted by molar-refractivity contribution is 5.74. The van der Waals surface area contributed by atoms with E-state index >= 15 is 0 Å². The highest BCUT2D eigenvalue weighted by Crippen LogP contribution is 2.26. The first-order chi connectivity index (χ1) is 10.8. The van der Waals surface area contributed by atoms with Gasteiger partial charge < -0.3 is 15.1 Å². The van der Waals surface area contributed by atoms with Gasteiger partial charge in [0.15, 0.2) is 0 Å². The third kappa shape index (κ3) is 3.61. The maximum absolute atomic E-state index is 12.4. The van der Waals surface area contributed by atoms with Crippen LogP contribution in [0.25, 0.3) is 0 Å². The van der Waals surface area contributed by atoms with E-state index in [1.54, 1.807) is 6.20 Å². The van der Waals surface area contributed by atoms with Gasteiger partial charge in [-0.2, -0.15) is 5.10 Å². The third-order valence-electron chi connectivity index (χ3n) is 5.02. The number of hydrogen-bond donors (Lipinski definition) is 2. The van der Waals surface area contributed by atoms with Gasteiger partial charge in [-0.15, -0.1) is 0 Å². The monoisotopic (exact) mass is 305 g/mol. The van der Waals surface area contributed by atoms with Gasteiger partial charge in [0, 0.05) is 43.5 Å². The topological polar surface area (TPSA) is 64.3 Å². The van der Waals surface area contributed by atoms with Crippen LogP contribution in [0.1, 0.15) is 44.2 Å². The molecule has 2 fully saturated rings. The Morgan fingerprint density at radius 1 is 1.36 bits per heavy atom. The number of likely N-dealkylation sites (N-methyl/N-ethyl adjacent to an activating group) is 1. The first-order valence-electron chi connectivity index (χ1n) is 8.53. The van der Waals surface area contributed by atoms with E-state index in [0.717, 1.165) is 45.4 Å². The number of aromatic nitrogens is 2. The SMILES string of the molecule is CCN1CCC[C@@H](NC(=O)N2CCC(c3ccn[nH]3)CC2)C1. The van der Waals surface area contributed by atoms with Crippen LogP contribution in [-0.2, 0) is 0 Å². The Bertz CT molecular complexity index is 467. The Morgan fingerprint density at radius 3 is 2.86 bits per heavy atom. The van der Waals surface area contributed by atoms with Gasteiger partial charge in [0.2, 0.25) is 0 Å². The lowest BCUT2D eigenvalue weighted by Gasteiger charge is -2.36. The summed E-state index contributed by atoms with van der Waals surface area (Å²) in [5.74, 6) is 0.511. The van der Waals surface area contributed by atoms with E-state index in [0.29, 0.717) is 12.0 Å². The minimum atomic E-state index is 0.117. The van der Waals surface area contributed by atoms with Crippen molar-refractivity contribution in [3.63, 3.8) is 0 Å². The summed E-state index contributed by atoms with van der Waals surface area (Å²) in [7, 11) is 0. The van der Waals surface area contributed by atoms with Crippen molar-refractivity contribution >= 4 is 6.03 Å². The number of hydrogen-bond acceptors (Lipinski definition) is 3. The normalized spacial score (nSPS) is 24.4. The molecule has 0 aromatic carbocycles. The minimum absolute atomic E-state index is 0.117. The molecule has 6 heteroatoms. The molecule has 3 heterocycles. The summed E-state index contributed by atoms with van der Waals surface area (Å²) < 4.78 is 0. The van der Waals surface area contributed by atoms with E-state index < -0.39 is 0 Å². The Hall–Kier alpha value is -1.56. The Balaban J connectivity index is 1.45. The second-order valence-corrected chi connectivity index (χ2v) is 6.46. The van der Waals surface area contributed by atoms with Crippen molar-refractivity contribution < 1.29 is 4.79 Å². The Kier molecular flexibility index (Phi) is 4.97. The Labute approximate surface area is 132 Å². The zero-order valence-electron chi connectivity index (χ0n) is 13.4. The summed E-state index contributed by atoms with van der Waals surface area (Å²) in [5, 5.41) is 10.3. The predicted molar refractivity (Wildman–Crippen MR) is 85.8 cm³/mol. The van der Waals surface area contributed by atoms with E-state index in [4.69, 9.17) is 0 Å². The fraction of sp³-hybridized carbons (Fsp3) is 0.750. The number of carbonyl (C=O) groups excluding carboxylic acids is 1. The van der Waals surface area contributed by atoms with Crippen molar-refractivity contribution in [2.45, 2.75) is 44.6 Å². The maximum atomic E-state index is 12.4. The van der Waals surface area contributed by atoms with Crippen LogP contribution in [0.3, 0.4) is 0 Å². The fourth-order valence-electron chi connectivity index (χ4n) is 3.61. The molecule has 0 aliphatic carbocycles. The van der Waals surface area contributed by atoms with Crippen LogP contribution < -0.4 is 5.32 Å². The van der Waals surface area contributed by atoms with Gasteiger partial charge in [-0.3, -0.25) is 5.10 Å². The van der Waals surface area contributed by atoms with Crippen LogP contribution in [0.4, 0.5) is 4.79 Å². The lowest BCUT2D eigenvalue weighted by Crippen LogP contribution is -2.52. The van der Waals surface area contributed by atoms with Gasteiger partial charge in [-0.1, -0.05) is 6.92 Å². The first-order valence-corrected chi connectivity index (χ1v) is 8.53. The molecule has 6 nitrogen and oxygen atoms in total. The highest BCUT2D eigenvalue weighted by atomic mass is 16.2. The maximum Gasteiger partial charge on any atom is 0.317 e. The molecule has 2 aliphatic heterocycles. The quantitative estimate of drug-likeness (QED) is 0.895. The van der Waals surface area contributed by atoms with Crippen LogP contribution in [0.2, 0.25) is 0 Å². The number of urea groups is 1. The first kappa shape index (κ1) is 15.3. The highest BCUT2D eigenvalue weighted by Gasteiger charge is 2.27. The zero-order chi connectivity index (χ0) is 15.4. The summed E-state index contributed by atoms with van der Waals surface area (Å²) in [6.07, 6.45) is 6.12. The van der Waals surface area contributed by atoms with Crippen molar-refractivity contribution in [3.8, 4) is 0 Å². The lowest BCUT2D eigenvalue weighted by molar-refractivity contribution is 0.160. The molecule has 2 aliphatic rings. The Morgan fingerprint density at radius 2 is 2.18 bits per heavy atom. The summed E-state index contributed by atoms with van der Waals surface area (Å²) >= 11 is 0. The summed E-state index contributed by atoms with van der Waals surface area (Å²) in [4.78, 5) is 16.8. The molecule has 0 saturated carbocycles. The van der Waals surface area contributed by atoms with E-state index in [9.17, 15) is 4.79 Å². The average molecular weight is 305 g/mol. The van der Waals surface area contributed by atoms with E-state index in [2.05, 4.69) is 27.3 Å². The molecule has 1 aromatic rings. The van der Waals surface area contributed by atoms with E-state index in [1.165, 1.54) is 18.7 Å². The molecule has 0 spiro atoms. The third-order valence-corrected chi connectivity index (χ3v) is 5.02. The average Bonchev–Trinajstić information content (AvgIpc) is 3.09. The van der Waals surface area contributed by atoms with Crippen molar-refractivity contribution in [2.75, 3.05) is 32.7 Å². The van der Waals surface area contributed by atoms with Crippen LogP contribution in [0, 0.1) is 0 Å². The minimum Gasteiger partial charge on any atom is -0.334 e. The molecule has 2 amide bonds. The molecule has 1 aromatic heterocycles.